The van der Waals surface area contributed by atoms with Crippen LogP contribution in [0.5, 0.6) is 0 Å². The fourth-order valence-corrected chi connectivity index (χ4v) is 16.8. The molecule has 0 radical (unpaired) electrons. The Kier molecular flexibility index (Phi) is 8.52. The van der Waals surface area contributed by atoms with Crippen molar-refractivity contribution in [2.45, 2.75) is 50.7 Å². The summed E-state index contributed by atoms with van der Waals surface area (Å²) in [6, 6.07) is 0. The van der Waals surface area contributed by atoms with Crippen molar-refractivity contribution in [1.29, 1.82) is 0 Å². The molecule has 0 heterocycles. The lowest BCUT2D eigenvalue weighted by molar-refractivity contribution is -0.151. The maximum Gasteiger partial charge on any atom is 0.466 e. The molecule has 1 unspecified atom stereocenters. The molecule has 0 saturated heterocycles. The minimum Gasteiger partial charge on any atom is -0.372 e. The Morgan fingerprint density at radius 1 is 1.09 bits per heavy atom. The van der Waals surface area contributed by atoms with Crippen LogP contribution in [0.15, 0.2) is 4.74 Å². The molecule has 0 aliphatic rings. The van der Waals surface area contributed by atoms with Gasteiger partial charge in [0, 0.05) is 7.11 Å². The molecule has 128 valence electrons. The highest BCUT2D eigenvalue weighted by Crippen LogP contribution is 2.35. The molecule has 0 aliphatic carbocycles. The highest BCUT2D eigenvalue weighted by molar-refractivity contribution is 7.48. The van der Waals surface area contributed by atoms with Crippen LogP contribution in [0, 0.1) is 11.6 Å². The summed E-state index contributed by atoms with van der Waals surface area (Å²) >= 11 is 0. The van der Waals surface area contributed by atoms with E-state index in [-0.39, 0.29) is 11.9 Å². The minimum atomic E-state index is -4.37. The van der Waals surface area contributed by atoms with Crippen LogP contribution in [0.3, 0.4) is 0 Å². The van der Waals surface area contributed by atoms with Crippen molar-refractivity contribution in [3.63, 3.8) is 0 Å². The second-order valence-corrected chi connectivity index (χ2v) is 19.5. The lowest BCUT2D eigenvalue weighted by Gasteiger charge is -2.32. The average molecular weight is 372 g/mol. The van der Waals surface area contributed by atoms with Crippen molar-refractivity contribution in [2.24, 2.45) is 4.74 Å². The molecule has 0 N–H and O–H groups in total. The van der Waals surface area contributed by atoms with E-state index >= 15 is 0 Å². The quantitative estimate of drug-likeness (QED) is 0.378. The number of nitrogens with zero attached hydrogens (tertiary/aromatic N) is 1. The molecule has 0 bridgehead atoms. The second-order valence-electron chi connectivity index (χ2n) is 7.13. The summed E-state index contributed by atoms with van der Waals surface area (Å²) in [5.74, 6) is 2.68. The van der Waals surface area contributed by atoms with Crippen molar-refractivity contribution >= 4 is 24.1 Å². The van der Waals surface area contributed by atoms with Crippen molar-refractivity contribution < 1.29 is 22.4 Å². The van der Waals surface area contributed by atoms with Crippen LogP contribution in [0.4, 0.5) is 13.2 Å². The van der Waals surface area contributed by atoms with Crippen LogP contribution in [0.1, 0.15) is 0 Å². The van der Waals surface area contributed by atoms with Crippen LogP contribution in [0.25, 0.3) is 0 Å². The Bertz CT molecular complexity index is 431. The van der Waals surface area contributed by atoms with Crippen LogP contribution in [0.2, 0.25) is 39.3 Å². The van der Waals surface area contributed by atoms with E-state index in [0.717, 1.165) is 0 Å². The SMILES string of the molecule is COCC#C/[P+](=N\C([Si](C)(C)C)[Si](C)(C)C)OCC(F)(F)F. The molecular weight excluding hydrogens is 346 g/mol. The highest BCUT2D eigenvalue weighted by Gasteiger charge is 2.42. The zero-order valence-electron chi connectivity index (χ0n) is 14.3. The molecule has 3 nitrogen and oxygen atoms in total. The number of ether oxygens (including phenoxy) is 1. The number of hydrogen-bond donors (Lipinski definition) is 0. The normalized spacial score (nSPS) is 14.0. The van der Waals surface area contributed by atoms with Crippen LogP contribution >= 0.6 is 7.94 Å². The number of halogens is 3. The van der Waals surface area contributed by atoms with E-state index in [2.05, 4.69) is 55.6 Å². The lowest BCUT2D eigenvalue weighted by atomic mass is 10.7. The Balaban J connectivity index is 5.48. The molecule has 1 atom stereocenters. The van der Waals surface area contributed by atoms with Gasteiger partial charge in [-0.2, -0.15) is 13.2 Å². The monoisotopic (exact) mass is 372 g/mol. The van der Waals surface area contributed by atoms with Crippen molar-refractivity contribution in [1.82, 2.24) is 0 Å². The largest absolute Gasteiger partial charge is 0.466 e. The van der Waals surface area contributed by atoms with Gasteiger partial charge in [0.1, 0.15) is 6.61 Å². The Morgan fingerprint density at radius 3 is 1.95 bits per heavy atom. The van der Waals surface area contributed by atoms with Gasteiger partial charge in [0.15, 0.2) is 6.61 Å². The van der Waals surface area contributed by atoms with Crippen molar-refractivity contribution in [3.8, 4) is 11.6 Å². The Labute approximate surface area is 134 Å². The summed E-state index contributed by atoms with van der Waals surface area (Å²) in [5.41, 5.74) is 2.71. The van der Waals surface area contributed by atoms with Crippen molar-refractivity contribution in [2.75, 3.05) is 20.3 Å². The highest BCUT2D eigenvalue weighted by atomic mass is 31.1. The van der Waals surface area contributed by atoms with Crippen LogP contribution < -0.4 is 0 Å². The first-order valence-corrected chi connectivity index (χ1v) is 15.3. The summed E-state index contributed by atoms with van der Waals surface area (Å²) in [7, 11) is -3.60. The summed E-state index contributed by atoms with van der Waals surface area (Å²) < 4.78 is 51.6. The fraction of sp³-hybridized carbons (Fsp3) is 0.846. The van der Waals surface area contributed by atoms with Gasteiger partial charge >= 0.3 is 14.1 Å². The molecule has 0 rings (SSSR count). The third-order valence-corrected chi connectivity index (χ3v) is 12.9. The number of rotatable bonds is 6. The molecule has 0 aromatic heterocycles. The first-order valence-electron chi connectivity index (χ1n) is 6.95. The van der Waals surface area contributed by atoms with E-state index in [0.29, 0.717) is 0 Å². The van der Waals surface area contributed by atoms with Gasteiger partial charge in [-0.3, -0.25) is 0 Å². The predicted molar refractivity (Wildman–Crippen MR) is 91.5 cm³/mol. The van der Waals surface area contributed by atoms with Gasteiger partial charge in [-0.15, -0.1) is 4.52 Å². The molecule has 9 heteroatoms. The van der Waals surface area contributed by atoms with Gasteiger partial charge in [-0.05, 0) is 5.92 Å². The maximum absolute atomic E-state index is 12.4. The van der Waals surface area contributed by atoms with Gasteiger partial charge in [0.05, 0.1) is 21.4 Å². The molecule has 0 aromatic carbocycles. The van der Waals surface area contributed by atoms with E-state index in [1.165, 1.54) is 7.11 Å². The topological polar surface area (TPSA) is 30.8 Å². The molecule has 0 spiro atoms. The van der Waals surface area contributed by atoms with Gasteiger partial charge < -0.3 is 4.74 Å². The van der Waals surface area contributed by atoms with Gasteiger partial charge in [-0.25, -0.2) is 0 Å². The van der Waals surface area contributed by atoms with Crippen molar-refractivity contribution in [3.05, 3.63) is 0 Å². The number of alkyl halides is 3. The molecule has 0 aliphatic heterocycles. The summed E-state index contributed by atoms with van der Waals surface area (Å²) in [4.78, 5) is 0. The van der Waals surface area contributed by atoms with E-state index in [9.17, 15) is 13.2 Å². The second kappa shape index (κ2) is 8.60. The molecule has 0 saturated carbocycles. The fourth-order valence-electron chi connectivity index (χ4n) is 2.15. The third-order valence-electron chi connectivity index (χ3n) is 2.60. The molecular formula is C13H26F3NO2PSi2+. The first kappa shape index (κ1) is 21.8. The standard InChI is InChI=1S/C13H26F3NO2PSi2/c1-18-9-8-10-20(19-11-13(14,15)16)17-12(21(2,3)4)22(5,6)7/h12H,9,11H2,1-7H3/q+1. The Hall–Kier alpha value is -0.196. The number of methoxy groups -OCH3 is 1. The summed E-state index contributed by atoms with van der Waals surface area (Å²) in [5, 5.41) is 0.0937. The molecule has 0 fully saturated rings. The van der Waals surface area contributed by atoms with Gasteiger partial charge in [0.2, 0.25) is 5.66 Å². The third kappa shape index (κ3) is 9.75. The first-order chi connectivity index (χ1) is 9.77. The van der Waals surface area contributed by atoms with Crippen LogP contribution in [-0.2, 0) is 9.26 Å². The zero-order valence-corrected chi connectivity index (χ0v) is 17.2. The van der Waals surface area contributed by atoms with Gasteiger partial charge in [-0.1, -0.05) is 44.0 Å². The smallest absolute Gasteiger partial charge is 0.372 e. The van der Waals surface area contributed by atoms with E-state index in [4.69, 9.17) is 9.26 Å². The van der Waals surface area contributed by atoms with Gasteiger partial charge in [0.25, 0.3) is 0 Å². The Morgan fingerprint density at radius 2 is 1.59 bits per heavy atom. The molecule has 22 heavy (non-hydrogen) atoms. The number of hydrogen-bond acceptors (Lipinski definition) is 3. The molecule has 0 aromatic rings. The average Bonchev–Trinajstić information content (AvgIpc) is 2.27. The lowest BCUT2D eigenvalue weighted by Crippen LogP contribution is -2.52. The van der Waals surface area contributed by atoms with Crippen LogP contribution in [-0.4, -0.2) is 47.9 Å². The van der Waals surface area contributed by atoms with E-state index in [1.54, 1.807) is 0 Å². The van der Waals surface area contributed by atoms with E-state index < -0.39 is 36.9 Å². The zero-order chi connectivity index (χ0) is 17.6. The van der Waals surface area contributed by atoms with E-state index in [1.807, 2.05) is 0 Å². The minimum absolute atomic E-state index is 0.0937. The maximum atomic E-state index is 12.4. The predicted octanol–water partition coefficient (Wildman–Crippen LogP) is 4.88. The summed E-state index contributed by atoms with van der Waals surface area (Å²) in [6.45, 7) is 11.9. The summed E-state index contributed by atoms with van der Waals surface area (Å²) in [6.07, 6.45) is -4.37. The molecule has 0 amide bonds.